The van der Waals surface area contributed by atoms with E-state index in [1.54, 1.807) is 17.0 Å². The van der Waals surface area contributed by atoms with Crippen LogP contribution in [0.5, 0.6) is 0 Å². The SMILES string of the molecule is CC(C)(C)OC(=O)N1CCCC(C(=O)Nc2nn(C(c3ccccc3)(c3ccccc3)c3ccccc3)c3ccc(-c4ccc(F)cc4F)cc23)C1. The third-order valence-electron chi connectivity index (χ3n) is 9.50. The molecule has 1 saturated heterocycles. The maximum absolute atomic E-state index is 15.2. The van der Waals surface area contributed by atoms with E-state index in [1.165, 1.54) is 12.1 Å². The fourth-order valence-electron chi connectivity index (χ4n) is 7.16. The molecule has 0 bridgehead atoms. The molecular formula is C43H40F2N4O3. The first-order chi connectivity index (χ1) is 25.0. The minimum absolute atomic E-state index is 0.202. The molecule has 2 amide bonds. The highest BCUT2D eigenvalue weighted by Crippen LogP contribution is 2.44. The number of ether oxygens (including phenoxy) is 1. The van der Waals surface area contributed by atoms with E-state index in [9.17, 15) is 14.0 Å². The molecule has 5 aromatic carbocycles. The summed E-state index contributed by atoms with van der Waals surface area (Å²) in [6.07, 6.45) is 0.765. The first-order valence-electron chi connectivity index (χ1n) is 17.5. The van der Waals surface area contributed by atoms with Gasteiger partial charge in [0.25, 0.3) is 0 Å². The first kappa shape index (κ1) is 34.6. The summed E-state index contributed by atoms with van der Waals surface area (Å²) in [5, 5.41) is 8.90. The van der Waals surface area contributed by atoms with Gasteiger partial charge in [-0.3, -0.25) is 4.79 Å². The van der Waals surface area contributed by atoms with Gasteiger partial charge >= 0.3 is 6.09 Å². The molecule has 9 heteroatoms. The summed E-state index contributed by atoms with van der Waals surface area (Å²) in [6.45, 7) is 6.14. The van der Waals surface area contributed by atoms with E-state index in [0.29, 0.717) is 35.9 Å². The van der Waals surface area contributed by atoms with Crippen LogP contribution in [0.2, 0.25) is 0 Å². The van der Waals surface area contributed by atoms with Gasteiger partial charge in [-0.25, -0.2) is 18.3 Å². The molecular weight excluding hydrogens is 658 g/mol. The van der Waals surface area contributed by atoms with Gasteiger partial charge in [-0.05, 0) is 80.1 Å². The van der Waals surface area contributed by atoms with Crippen molar-refractivity contribution in [1.29, 1.82) is 0 Å². The van der Waals surface area contributed by atoms with Crippen molar-refractivity contribution in [3.63, 3.8) is 0 Å². The number of halogens is 2. The van der Waals surface area contributed by atoms with Crippen molar-refractivity contribution in [3.8, 4) is 11.1 Å². The molecule has 0 saturated carbocycles. The van der Waals surface area contributed by atoms with Crippen molar-refractivity contribution in [2.75, 3.05) is 18.4 Å². The minimum atomic E-state index is -1.01. The monoisotopic (exact) mass is 698 g/mol. The Kier molecular flexibility index (Phi) is 9.36. The van der Waals surface area contributed by atoms with E-state index in [-0.39, 0.29) is 23.8 Å². The fourth-order valence-corrected chi connectivity index (χ4v) is 7.16. The van der Waals surface area contributed by atoms with Gasteiger partial charge in [-0.2, -0.15) is 5.10 Å². The molecule has 1 aliphatic rings. The number of fused-ring (bicyclic) bond motifs is 1. The molecule has 7 rings (SSSR count). The van der Waals surface area contributed by atoms with Gasteiger partial charge in [0.2, 0.25) is 5.91 Å². The van der Waals surface area contributed by atoms with Gasteiger partial charge in [0, 0.05) is 30.1 Å². The molecule has 0 aliphatic carbocycles. The predicted molar refractivity (Wildman–Crippen MR) is 199 cm³/mol. The van der Waals surface area contributed by atoms with Gasteiger partial charge < -0.3 is 15.0 Å². The van der Waals surface area contributed by atoms with Gasteiger partial charge in [0.05, 0.1) is 11.4 Å². The second-order valence-electron chi connectivity index (χ2n) is 14.2. The van der Waals surface area contributed by atoms with Crippen molar-refractivity contribution >= 4 is 28.7 Å². The number of carbonyl (C=O) groups excluding carboxylic acids is 2. The lowest BCUT2D eigenvalue weighted by Crippen LogP contribution is -2.45. The summed E-state index contributed by atoms with van der Waals surface area (Å²) in [5.41, 5.74) is 2.52. The maximum atomic E-state index is 15.2. The van der Waals surface area contributed by atoms with Crippen molar-refractivity contribution in [1.82, 2.24) is 14.7 Å². The lowest BCUT2D eigenvalue weighted by atomic mass is 9.77. The zero-order chi connectivity index (χ0) is 36.5. The zero-order valence-electron chi connectivity index (χ0n) is 29.4. The molecule has 52 heavy (non-hydrogen) atoms. The number of rotatable bonds is 7. The number of benzene rings is 5. The standard InChI is InChI=1S/C43H40F2N4O3/c1-42(2,3)52-41(51)48-25-13-14-30(28-48)40(50)46-39-36-26-29(35-23-22-34(44)27-37(35)45)21-24-38(36)49(47-39)43(31-15-7-4-8-16-31,32-17-9-5-10-18-32)33-19-11-6-12-20-33/h4-12,15-24,26-27,30H,13-14,25,28H2,1-3H3,(H,46,47,50). The summed E-state index contributed by atoms with van der Waals surface area (Å²) in [4.78, 5) is 28.7. The molecule has 7 nitrogen and oxygen atoms in total. The topological polar surface area (TPSA) is 76.5 Å². The Morgan fingerprint density at radius 2 is 1.38 bits per heavy atom. The number of piperidine rings is 1. The summed E-state index contributed by atoms with van der Waals surface area (Å²) in [5.74, 6) is -1.89. The van der Waals surface area contributed by atoms with E-state index >= 15 is 4.39 Å². The fraction of sp³-hybridized carbons (Fsp3) is 0.233. The summed E-state index contributed by atoms with van der Waals surface area (Å²) >= 11 is 0. The Morgan fingerprint density at radius 1 is 0.788 bits per heavy atom. The van der Waals surface area contributed by atoms with E-state index in [1.807, 2.05) is 86.1 Å². The number of anilines is 1. The van der Waals surface area contributed by atoms with Gasteiger partial charge in [0.15, 0.2) is 5.82 Å². The molecule has 1 N–H and O–H groups in total. The molecule has 1 fully saturated rings. The average molecular weight is 699 g/mol. The van der Waals surface area contributed by atoms with E-state index in [0.717, 1.165) is 22.8 Å². The Labute approximate surface area is 301 Å². The number of nitrogens with one attached hydrogen (secondary N) is 1. The number of nitrogens with zero attached hydrogens (tertiary/aromatic N) is 3. The molecule has 1 atom stereocenters. The highest BCUT2D eigenvalue weighted by Gasteiger charge is 2.41. The van der Waals surface area contributed by atoms with E-state index in [2.05, 4.69) is 41.7 Å². The first-order valence-corrected chi connectivity index (χ1v) is 17.5. The van der Waals surface area contributed by atoms with E-state index < -0.39 is 34.8 Å². The van der Waals surface area contributed by atoms with Crippen molar-refractivity contribution in [3.05, 3.63) is 156 Å². The van der Waals surface area contributed by atoms with Crippen LogP contribution < -0.4 is 5.32 Å². The third-order valence-corrected chi connectivity index (χ3v) is 9.50. The molecule has 0 radical (unpaired) electrons. The molecule has 0 spiro atoms. The second kappa shape index (κ2) is 14.1. The Balaban J connectivity index is 1.41. The molecule has 264 valence electrons. The smallest absolute Gasteiger partial charge is 0.410 e. The Bertz CT molecular complexity index is 2120. The normalized spacial score (nSPS) is 15.0. The Morgan fingerprint density at radius 3 is 1.94 bits per heavy atom. The number of aromatic nitrogens is 2. The minimum Gasteiger partial charge on any atom is -0.444 e. The van der Waals surface area contributed by atoms with Gasteiger partial charge in [-0.15, -0.1) is 0 Å². The van der Waals surface area contributed by atoms with Crippen molar-refractivity contribution < 1.29 is 23.1 Å². The molecule has 2 heterocycles. The average Bonchev–Trinajstić information content (AvgIpc) is 3.50. The van der Waals surface area contributed by atoms with Crippen LogP contribution in [0.3, 0.4) is 0 Å². The highest BCUT2D eigenvalue weighted by atomic mass is 19.1. The van der Waals surface area contributed by atoms with E-state index in [4.69, 9.17) is 9.84 Å². The summed E-state index contributed by atoms with van der Waals surface area (Å²) in [6, 6.07) is 39.1. The second-order valence-corrected chi connectivity index (χ2v) is 14.2. The number of carbonyl (C=O) groups is 2. The van der Waals surface area contributed by atoms with Crippen LogP contribution in [-0.4, -0.2) is 45.4 Å². The largest absolute Gasteiger partial charge is 0.444 e. The number of amides is 2. The quantitative estimate of drug-likeness (QED) is 0.169. The molecule has 1 aromatic heterocycles. The van der Waals surface area contributed by atoms with Crippen molar-refractivity contribution in [2.24, 2.45) is 5.92 Å². The van der Waals surface area contributed by atoms with Crippen LogP contribution in [0.1, 0.15) is 50.3 Å². The van der Waals surface area contributed by atoms with Crippen LogP contribution >= 0.6 is 0 Å². The molecule has 1 unspecified atom stereocenters. The Hall–Kier alpha value is -5.83. The number of hydrogen-bond donors (Lipinski definition) is 1. The molecule has 6 aromatic rings. The summed E-state index contributed by atoms with van der Waals surface area (Å²) < 4.78 is 36.7. The van der Waals surface area contributed by atoms with Crippen LogP contribution in [0.15, 0.2) is 127 Å². The van der Waals surface area contributed by atoms with Crippen molar-refractivity contribution in [2.45, 2.75) is 44.8 Å². The van der Waals surface area contributed by atoms with Crippen LogP contribution in [0.4, 0.5) is 19.4 Å². The third kappa shape index (κ3) is 6.66. The molecule has 1 aliphatic heterocycles. The van der Waals surface area contributed by atoms with Crippen LogP contribution in [0, 0.1) is 17.6 Å². The lowest BCUT2D eigenvalue weighted by molar-refractivity contribution is -0.121. The maximum Gasteiger partial charge on any atom is 0.410 e. The number of hydrogen-bond acceptors (Lipinski definition) is 4. The summed E-state index contributed by atoms with van der Waals surface area (Å²) in [7, 11) is 0. The van der Waals surface area contributed by atoms with Crippen LogP contribution in [0.25, 0.3) is 22.0 Å². The van der Waals surface area contributed by atoms with Gasteiger partial charge in [0.1, 0.15) is 22.8 Å². The predicted octanol–water partition coefficient (Wildman–Crippen LogP) is 9.41. The number of likely N-dealkylation sites (tertiary alicyclic amines) is 1. The van der Waals surface area contributed by atoms with Crippen LogP contribution in [-0.2, 0) is 15.1 Å². The highest BCUT2D eigenvalue weighted by molar-refractivity contribution is 6.02. The lowest BCUT2D eigenvalue weighted by Gasteiger charge is -2.37. The van der Waals surface area contributed by atoms with Gasteiger partial charge in [-0.1, -0.05) is 97.1 Å². The zero-order valence-corrected chi connectivity index (χ0v) is 29.4.